The van der Waals surface area contributed by atoms with E-state index in [1.807, 2.05) is 14.0 Å². The maximum Gasteiger partial charge on any atom is 0.255 e. The van der Waals surface area contributed by atoms with Crippen LogP contribution < -0.4 is 10.1 Å². The molecule has 158 valence electrons. The van der Waals surface area contributed by atoms with Crippen LogP contribution in [0.4, 0.5) is 14.6 Å². The van der Waals surface area contributed by atoms with E-state index in [1.54, 1.807) is 12.3 Å². The van der Waals surface area contributed by atoms with Crippen LogP contribution in [-0.4, -0.2) is 68.0 Å². The zero-order valence-electron chi connectivity index (χ0n) is 16.6. The van der Waals surface area contributed by atoms with Crippen molar-refractivity contribution in [3.8, 4) is 11.8 Å². The van der Waals surface area contributed by atoms with E-state index in [4.69, 9.17) is 4.74 Å². The molecule has 0 bridgehead atoms. The Morgan fingerprint density at radius 1 is 1.28 bits per heavy atom. The number of likely N-dealkylation sites (tertiary alicyclic amines) is 1. The van der Waals surface area contributed by atoms with Gasteiger partial charge in [-0.2, -0.15) is 15.1 Å². The largest absolute Gasteiger partial charge is 0.471 e. The number of aliphatic hydroxyl groups excluding tert-OH is 1. The fourth-order valence-electron chi connectivity index (χ4n) is 3.68. The predicted molar refractivity (Wildman–Crippen MR) is 103 cm³/mol. The summed E-state index contributed by atoms with van der Waals surface area (Å²) in [6, 6.07) is 1.63. The van der Waals surface area contributed by atoms with Crippen LogP contribution >= 0.6 is 0 Å². The molecule has 0 spiro atoms. The highest BCUT2D eigenvalue weighted by atomic mass is 19.3. The van der Waals surface area contributed by atoms with E-state index < -0.39 is 5.92 Å². The van der Waals surface area contributed by atoms with Gasteiger partial charge in [-0.15, -0.1) is 0 Å². The number of halogens is 2. The van der Waals surface area contributed by atoms with E-state index in [-0.39, 0.29) is 31.6 Å². The van der Waals surface area contributed by atoms with Gasteiger partial charge < -0.3 is 15.2 Å². The average Bonchev–Trinajstić information content (AvgIpc) is 3.03. The molecule has 0 unspecified atom stereocenters. The van der Waals surface area contributed by atoms with Crippen molar-refractivity contribution in [2.75, 3.05) is 25.5 Å². The zero-order chi connectivity index (χ0) is 20.6. The Kier molecular flexibility index (Phi) is 5.39. The van der Waals surface area contributed by atoms with Crippen LogP contribution in [0.5, 0.6) is 5.88 Å². The van der Waals surface area contributed by atoms with Crippen molar-refractivity contribution in [3.63, 3.8) is 0 Å². The summed E-state index contributed by atoms with van der Waals surface area (Å²) < 4.78 is 34.4. The van der Waals surface area contributed by atoms with Gasteiger partial charge in [0, 0.05) is 44.2 Å². The van der Waals surface area contributed by atoms with Gasteiger partial charge >= 0.3 is 0 Å². The van der Waals surface area contributed by atoms with E-state index in [0.29, 0.717) is 36.2 Å². The van der Waals surface area contributed by atoms with Crippen LogP contribution in [0.25, 0.3) is 5.95 Å². The van der Waals surface area contributed by atoms with Crippen LogP contribution in [0.3, 0.4) is 0 Å². The lowest BCUT2D eigenvalue weighted by Crippen LogP contribution is -2.51. The third-order valence-electron chi connectivity index (χ3n) is 5.43. The van der Waals surface area contributed by atoms with Gasteiger partial charge in [0.05, 0.1) is 12.3 Å². The van der Waals surface area contributed by atoms with Crippen molar-refractivity contribution in [1.29, 1.82) is 0 Å². The minimum atomic E-state index is -2.58. The Morgan fingerprint density at radius 2 is 2.00 bits per heavy atom. The van der Waals surface area contributed by atoms with Crippen molar-refractivity contribution in [1.82, 2.24) is 24.6 Å². The van der Waals surface area contributed by atoms with Crippen LogP contribution in [-0.2, 0) is 6.61 Å². The minimum absolute atomic E-state index is 0.0522. The lowest BCUT2D eigenvalue weighted by Gasteiger charge is -2.35. The maximum atomic E-state index is 13.5. The molecule has 2 aromatic rings. The summed E-state index contributed by atoms with van der Waals surface area (Å²) in [5.74, 6) is -1.34. The number of hydrogen-bond donors (Lipinski definition) is 2. The first-order chi connectivity index (χ1) is 13.8. The lowest BCUT2D eigenvalue weighted by molar-refractivity contribution is -0.0361. The summed E-state index contributed by atoms with van der Waals surface area (Å²) in [7, 11) is 2.01. The second-order valence-corrected chi connectivity index (χ2v) is 7.99. The number of likely N-dealkylation sites (N-methyl/N-ethyl adjacent to an activating group) is 1. The monoisotopic (exact) mass is 408 g/mol. The first-order valence-electron chi connectivity index (χ1n) is 9.86. The topological polar surface area (TPSA) is 88.3 Å². The molecule has 2 aliphatic rings. The van der Waals surface area contributed by atoms with Gasteiger partial charge in [-0.1, -0.05) is 0 Å². The summed E-state index contributed by atoms with van der Waals surface area (Å²) in [6.45, 7) is 3.30. The molecule has 0 amide bonds. The van der Waals surface area contributed by atoms with Crippen molar-refractivity contribution in [2.24, 2.45) is 0 Å². The molecule has 0 atom stereocenters. The third kappa shape index (κ3) is 4.64. The number of alkyl halides is 2. The highest BCUT2D eigenvalue weighted by Gasteiger charge is 2.35. The van der Waals surface area contributed by atoms with Gasteiger partial charge in [0.2, 0.25) is 11.8 Å². The van der Waals surface area contributed by atoms with E-state index in [1.165, 1.54) is 4.68 Å². The van der Waals surface area contributed by atoms with Crippen molar-refractivity contribution < 1.29 is 18.6 Å². The summed E-state index contributed by atoms with van der Waals surface area (Å²) in [5.41, 5.74) is 1.37. The molecule has 10 heteroatoms. The SMILES string of the molecule is Cc1cn(-c2nc(NC3CCC(F)(F)CC3)cc(OC3CN(C)C3)n2)nc1CO. The summed E-state index contributed by atoms with van der Waals surface area (Å²) in [5, 5.41) is 17.0. The smallest absolute Gasteiger partial charge is 0.255 e. The van der Waals surface area contributed by atoms with Crippen LogP contribution in [0.2, 0.25) is 0 Å². The number of hydrogen-bond acceptors (Lipinski definition) is 7. The number of nitrogens with one attached hydrogen (secondary N) is 1. The normalized spacial score (nSPS) is 20.4. The van der Waals surface area contributed by atoms with Gasteiger partial charge in [0.1, 0.15) is 11.9 Å². The molecule has 3 heterocycles. The van der Waals surface area contributed by atoms with E-state index in [9.17, 15) is 13.9 Å². The number of aliphatic hydroxyl groups is 1. The average molecular weight is 408 g/mol. The Morgan fingerprint density at radius 3 is 2.62 bits per heavy atom. The quantitative estimate of drug-likeness (QED) is 0.757. The summed E-state index contributed by atoms with van der Waals surface area (Å²) >= 11 is 0. The second-order valence-electron chi connectivity index (χ2n) is 7.99. The highest BCUT2D eigenvalue weighted by Crippen LogP contribution is 2.34. The third-order valence-corrected chi connectivity index (χ3v) is 5.43. The number of ether oxygens (including phenoxy) is 1. The molecule has 4 rings (SSSR count). The van der Waals surface area contributed by atoms with Crippen molar-refractivity contribution in [3.05, 3.63) is 23.5 Å². The molecule has 1 aliphatic carbocycles. The van der Waals surface area contributed by atoms with Gasteiger partial charge in [-0.25, -0.2) is 13.5 Å². The minimum Gasteiger partial charge on any atom is -0.471 e. The maximum absolute atomic E-state index is 13.5. The Bertz CT molecular complexity index is 858. The first kappa shape index (κ1) is 20.0. The highest BCUT2D eigenvalue weighted by molar-refractivity contribution is 5.42. The fraction of sp³-hybridized carbons (Fsp3) is 0.632. The first-order valence-corrected chi connectivity index (χ1v) is 9.86. The molecule has 1 saturated carbocycles. The Hall–Kier alpha value is -2.33. The van der Waals surface area contributed by atoms with E-state index in [2.05, 4.69) is 25.3 Å². The second kappa shape index (κ2) is 7.83. The summed E-state index contributed by atoms with van der Waals surface area (Å²) in [4.78, 5) is 11.1. The van der Waals surface area contributed by atoms with Gasteiger partial charge in [-0.05, 0) is 32.4 Å². The lowest BCUT2D eigenvalue weighted by atomic mass is 9.92. The predicted octanol–water partition coefficient (Wildman–Crippen LogP) is 2.15. The molecular formula is C19H26F2N6O2. The molecule has 29 heavy (non-hydrogen) atoms. The van der Waals surface area contributed by atoms with Crippen LogP contribution in [0, 0.1) is 6.92 Å². The number of aromatic nitrogens is 4. The van der Waals surface area contributed by atoms with E-state index >= 15 is 0 Å². The standard InChI is InChI=1S/C19H26F2N6O2/c1-12-8-27(25-15(12)11-28)18-23-16(22-13-3-5-19(20,21)6-4-13)7-17(24-18)29-14-9-26(2)10-14/h7-8,13-14,28H,3-6,9-11H2,1-2H3,(H,22,23,24). The molecule has 0 radical (unpaired) electrons. The molecule has 0 aromatic carbocycles. The van der Waals surface area contributed by atoms with Gasteiger partial charge in [-0.3, -0.25) is 4.90 Å². The molecule has 8 nitrogen and oxygen atoms in total. The molecule has 2 fully saturated rings. The Balaban J connectivity index is 1.57. The van der Waals surface area contributed by atoms with Gasteiger partial charge in [0.25, 0.3) is 5.95 Å². The number of aryl methyl sites for hydroxylation is 1. The van der Waals surface area contributed by atoms with E-state index in [0.717, 1.165) is 18.7 Å². The Labute approximate surface area is 167 Å². The fourth-order valence-corrected chi connectivity index (χ4v) is 3.68. The number of rotatable bonds is 6. The molecule has 2 aromatic heterocycles. The molecular weight excluding hydrogens is 382 g/mol. The van der Waals surface area contributed by atoms with Crippen LogP contribution in [0.1, 0.15) is 36.9 Å². The van der Waals surface area contributed by atoms with Crippen molar-refractivity contribution >= 4 is 5.82 Å². The zero-order valence-corrected chi connectivity index (χ0v) is 16.6. The molecule has 2 N–H and O–H groups in total. The van der Waals surface area contributed by atoms with Gasteiger partial charge in [0.15, 0.2) is 0 Å². The van der Waals surface area contributed by atoms with Crippen molar-refractivity contribution in [2.45, 2.75) is 57.3 Å². The molecule has 1 aliphatic heterocycles. The number of anilines is 1. The number of nitrogens with zero attached hydrogens (tertiary/aromatic N) is 5. The molecule has 1 saturated heterocycles. The summed E-state index contributed by atoms with van der Waals surface area (Å²) in [6.07, 6.45) is 2.30. The van der Waals surface area contributed by atoms with Crippen LogP contribution in [0.15, 0.2) is 12.3 Å².